The number of pyridine rings is 1. The van der Waals surface area contributed by atoms with E-state index in [9.17, 15) is 4.79 Å². The number of rotatable bonds is 4. The highest BCUT2D eigenvalue weighted by atomic mass is 16.5. The topological polar surface area (TPSA) is 46.8 Å². The van der Waals surface area contributed by atoms with Gasteiger partial charge in [0.1, 0.15) is 18.0 Å². The molecular formula is C24H21N3O2. The molecular weight excluding hydrogens is 362 g/mol. The van der Waals surface area contributed by atoms with Crippen LogP contribution in [0.1, 0.15) is 27.2 Å². The van der Waals surface area contributed by atoms with E-state index < -0.39 is 0 Å². The van der Waals surface area contributed by atoms with E-state index in [1.54, 1.807) is 0 Å². The van der Waals surface area contributed by atoms with Gasteiger partial charge in [0.05, 0.1) is 11.3 Å². The van der Waals surface area contributed by atoms with E-state index in [-0.39, 0.29) is 5.91 Å². The number of amides is 1. The summed E-state index contributed by atoms with van der Waals surface area (Å²) in [5.74, 6) is 0.548. The summed E-state index contributed by atoms with van der Waals surface area (Å²) in [6.45, 7) is 3.04. The number of ether oxygens (including phenoxy) is 1. The van der Waals surface area contributed by atoms with E-state index >= 15 is 0 Å². The Balaban J connectivity index is 1.39. The lowest BCUT2D eigenvalue weighted by atomic mass is 10.1. The van der Waals surface area contributed by atoms with Crippen molar-refractivity contribution < 1.29 is 9.53 Å². The molecule has 3 heterocycles. The Labute approximate surface area is 169 Å². The SMILES string of the molecule is Cc1cccn2cc(COc3ccccc3C(=O)N3CCc4ccccc43)nc12. The van der Waals surface area contributed by atoms with Crippen molar-refractivity contribution >= 4 is 17.2 Å². The minimum Gasteiger partial charge on any atom is -0.486 e. The molecule has 1 aliphatic heterocycles. The number of carbonyl (C=O) groups excluding carboxylic acids is 1. The number of fused-ring (bicyclic) bond motifs is 2. The molecule has 0 saturated heterocycles. The number of nitrogens with zero attached hydrogens (tertiary/aromatic N) is 3. The maximum atomic E-state index is 13.3. The van der Waals surface area contributed by atoms with Crippen LogP contribution in [-0.2, 0) is 13.0 Å². The predicted octanol–water partition coefficient (Wildman–Crippen LogP) is 4.42. The molecule has 4 aromatic rings. The maximum Gasteiger partial charge on any atom is 0.262 e. The summed E-state index contributed by atoms with van der Waals surface area (Å²) in [6.07, 6.45) is 4.82. The molecule has 0 radical (unpaired) electrons. The Hall–Kier alpha value is -3.60. The molecule has 0 aliphatic carbocycles. The Bertz CT molecular complexity index is 1210. The van der Waals surface area contributed by atoms with Crippen LogP contribution in [0.2, 0.25) is 0 Å². The highest BCUT2D eigenvalue weighted by molar-refractivity contribution is 6.09. The monoisotopic (exact) mass is 383 g/mol. The number of imidazole rings is 1. The van der Waals surface area contributed by atoms with Crippen LogP contribution in [0.3, 0.4) is 0 Å². The molecule has 0 saturated carbocycles. The third kappa shape index (κ3) is 3.14. The van der Waals surface area contributed by atoms with Gasteiger partial charge < -0.3 is 14.0 Å². The summed E-state index contributed by atoms with van der Waals surface area (Å²) >= 11 is 0. The molecule has 5 heteroatoms. The van der Waals surface area contributed by atoms with Crippen LogP contribution in [0.4, 0.5) is 5.69 Å². The fraction of sp³-hybridized carbons (Fsp3) is 0.167. The molecule has 144 valence electrons. The Kier molecular flexibility index (Phi) is 4.28. The average Bonchev–Trinajstić information content (AvgIpc) is 3.37. The largest absolute Gasteiger partial charge is 0.486 e. The molecule has 2 aromatic carbocycles. The molecule has 1 aliphatic rings. The van der Waals surface area contributed by atoms with Crippen LogP contribution in [0.5, 0.6) is 5.75 Å². The van der Waals surface area contributed by atoms with Crippen molar-refractivity contribution in [2.24, 2.45) is 0 Å². The molecule has 0 spiro atoms. The number of hydrogen-bond acceptors (Lipinski definition) is 3. The number of benzene rings is 2. The van der Waals surface area contributed by atoms with Crippen LogP contribution < -0.4 is 9.64 Å². The summed E-state index contributed by atoms with van der Waals surface area (Å²) in [6, 6.07) is 19.5. The second-order valence-electron chi connectivity index (χ2n) is 7.27. The lowest BCUT2D eigenvalue weighted by molar-refractivity contribution is 0.0985. The molecule has 0 N–H and O–H groups in total. The zero-order valence-corrected chi connectivity index (χ0v) is 16.2. The number of aromatic nitrogens is 2. The van der Waals surface area contributed by atoms with Crippen molar-refractivity contribution in [3.8, 4) is 5.75 Å². The van der Waals surface area contributed by atoms with Crippen molar-refractivity contribution in [1.29, 1.82) is 0 Å². The Morgan fingerprint density at radius 2 is 1.90 bits per heavy atom. The van der Waals surface area contributed by atoms with E-state index in [1.165, 1.54) is 5.56 Å². The average molecular weight is 383 g/mol. The number of aryl methyl sites for hydroxylation is 1. The first kappa shape index (κ1) is 17.5. The first-order chi connectivity index (χ1) is 14.2. The molecule has 0 unspecified atom stereocenters. The van der Waals surface area contributed by atoms with Gasteiger partial charge in [-0.25, -0.2) is 4.98 Å². The van der Waals surface area contributed by atoms with E-state index in [0.717, 1.165) is 29.0 Å². The normalized spacial score (nSPS) is 12.9. The van der Waals surface area contributed by atoms with Crippen molar-refractivity contribution in [3.05, 3.63) is 95.4 Å². The van der Waals surface area contributed by atoms with Crippen LogP contribution in [0, 0.1) is 6.92 Å². The molecule has 0 bridgehead atoms. The van der Waals surface area contributed by atoms with E-state index in [4.69, 9.17) is 4.74 Å². The maximum absolute atomic E-state index is 13.3. The minimum absolute atomic E-state index is 0.0311. The van der Waals surface area contributed by atoms with Crippen LogP contribution in [0.25, 0.3) is 5.65 Å². The fourth-order valence-electron chi connectivity index (χ4n) is 3.89. The van der Waals surface area contributed by atoms with Gasteiger partial charge in [-0.3, -0.25) is 4.79 Å². The number of para-hydroxylation sites is 2. The third-order valence-corrected chi connectivity index (χ3v) is 5.35. The second-order valence-corrected chi connectivity index (χ2v) is 7.27. The summed E-state index contributed by atoms with van der Waals surface area (Å²) in [5.41, 5.74) is 5.63. The van der Waals surface area contributed by atoms with Crippen molar-refractivity contribution in [2.75, 3.05) is 11.4 Å². The van der Waals surface area contributed by atoms with Gasteiger partial charge in [-0.2, -0.15) is 0 Å². The standard InChI is InChI=1S/C24H21N3O2/c1-17-7-6-13-26-15-19(25-23(17)26)16-29-22-11-5-3-9-20(22)24(28)27-14-12-18-8-2-4-10-21(18)27/h2-11,13,15H,12,14,16H2,1H3. The third-order valence-electron chi connectivity index (χ3n) is 5.35. The van der Waals surface area contributed by atoms with Crippen LogP contribution in [-0.4, -0.2) is 21.8 Å². The molecule has 0 atom stereocenters. The summed E-state index contributed by atoms with van der Waals surface area (Å²) < 4.78 is 8.03. The predicted molar refractivity (Wildman–Crippen MR) is 113 cm³/mol. The van der Waals surface area contributed by atoms with Crippen molar-refractivity contribution in [3.63, 3.8) is 0 Å². The lowest BCUT2D eigenvalue weighted by Gasteiger charge is -2.19. The zero-order valence-electron chi connectivity index (χ0n) is 16.2. The number of carbonyl (C=O) groups is 1. The van der Waals surface area contributed by atoms with Gasteiger partial charge in [-0.15, -0.1) is 0 Å². The molecule has 0 fully saturated rings. The minimum atomic E-state index is -0.0311. The van der Waals surface area contributed by atoms with Crippen molar-refractivity contribution in [2.45, 2.75) is 20.0 Å². The van der Waals surface area contributed by atoms with Gasteiger partial charge in [0, 0.05) is 24.6 Å². The van der Waals surface area contributed by atoms with Gasteiger partial charge in [0.2, 0.25) is 0 Å². The van der Waals surface area contributed by atoms with Gasteiger partial charge in [0.25, 0.3) is 5.91 Å². The molecule has 5 nitrogen and oxygen atoms in total. The molecule has 29 heavy (non-hydrogen) atoms. The van der Waals surface area contributed by atoms with Crippen LogP contribution >= 0.6 is 0 Å². The lowest BCUT2D eigenvalue weighted by Crippen LogP contribution is -2.29. The first-order valence-corrected chi connectivity index (χ1v) is 9.75. The van der Waals surface area contributed by atoms with Crippen LogP contribution in [0.15, 0.2) is 73.1 Å². The molecule has 5 rings (SSSR count). The Morgan fingerprint density at radius 1 is 1.07 bits per heavy atom. The smallest absolute Gasteiger partial charge is 0.262 e. The van der Waals surface area contributed by atoms with Gasteiger partial charge in [0.15, 0.2) is 0 Å². The highest BCUT2D eigenvalue weighted by Crippen LogP contribution is 2.31. The van der Waals surface area contributed by atoms with E-state index in [0.29, 0.717) is 24.5 Å². The first-order valence-electron chi connectivity index (χ1n) is 9.75. The fourth-order valence-corrected chi connectivity index (χ4v) is 3.89. The molecule has 2 aromatic heterocycles. The van der Waals surface area contributed by atoms with Crippen molar-refractivity contribution in [1.82, 2.24) is 9.38 Å². The highest BCUT2D eigenvalue weighted by Gasteiger charge is 2.27. The quantitative estimate of drug-likeness (QED) is 0.524. The summed E-state index contributed by atoms with van der Waals surface area (Å²) in [5, 5.41) is 0. The Morgan fingerprint density at radius 3 is 2.79 bits per heavy atom. The summed E-state index contributed by atoms with van der Waals surface area (Å²) in [7, 11) is 0. The van der Waals surface area contributed by atoms with Gasteiger partial charge in [-0.1, -0.05) is 36.4 Å². The zero-order chi connectivity index (χ0) is 19.8. The van der Waals surface area contributed by atoms with E-state index in [2.05, 4.69) is 11.1 Å². The second kappa shape index (κ2) is 7.09. The molecule has 1 amide bonds. The van der Waals surface area contributed by atoms with E-state index in [1.807, 2.05) is 83.2 Å². The number of anilines is 1. The van der Waals surface area contributed by atoms with Gasteiger partial charge in [-0.05, 0) is 48.7 Å². The van der Waals surface area contributed by atoms with Gasteiger partial charge >= 0.3 is 0 Å². The number of hydrogen-bond donors (Lipinski definition) is 0. The summed E-state index contributed by atoms with van der Waals surface area (Å²) in [4.78, 5) is 19.7.